The fourth-order valence-electron chi connectivity index (χ4n) is 2.30. The number of aromatic nitrogens is 3. The summed E-state index contributed by atoms with van der Waals surface area (Å²) < 4.78 is 26.2. The van der Waals surface area contributed by atoms with Crippen molar-refractivity contribution in [2.24, 2.45) is 5.18 Å². The molecule has 134 valence electrons. The maximum absolute atomic E-state index is 14.0. The number of carbonyl (C=O) groups excluding carboxylic acids is 1. The van der Waals surface area contributed by atoms with Gasteiger partial charge in [-0.15, -0.1) is 4.91 Å². The van der Waals surface area contributed by atoms with Crippen LogP contribution >= 0.6 is 0 Å². The number of hydrogen-bond acceptors (Lipinski definition) is 7. The predicted octanol–water partition coefficient (Wildman–Crippen LogP) is 3.48. The molecule has 0 bridgehead atoms. The highest BCUT2D eigenvalue weighted by atomic mass is 19.1. The minimum atomic E-state index is -0.762. The van der Waals surface area contributed by atoms with Gasteiger partial charge in [0.15, 0.2) is 17.3 Å². The molecule has 3 aromatic rings. The zero-order valence-electron chi connectivity index (χ0n) is 13.9. The van der Waals surface area contributed by atoms with E-state index < -0.39 is 11.9 Å². The molecule has 2 aromatic heterocycles. The van der Waals surface area contributed by atoms with Crippen LogP contribution in [0.1, 0.15) is 12.5 Å². The maximum atomic E-state index is 14.0. The van der Waals surface area contributed by atoms with Crippen molar-refractivity contribution in [2.45, 2.75) is 13.8 Å². The molecule has 0 fully saturated rings. The number of rotatable bonds is 5. The second-order valence-corrected chi connectivity index (χ2v) is 5.20. The number of amides is 1. The molecule has 0 aliphatic carbocycles. The third kappa shape index (κ3) is 3.29. The van der Waals surface area contributed by atoms with Crippen LogP contribution in [0, 0.1) is 17.6 Å². The number of nitrogens with zero attached hydrogens (tertiary/aromatic N) is 4. The lowest BCUT2D eigenvalue weighted by Gasteiger charge is -2.08. The summed E-state index contributed by atoms with van der Waals surface area (Å²) in [6.45, 7) is 3.88. The summed E-state index contributed by atoms with van der Waals surface area (Å²) in [6.07, 6.45) is 2.10. The Kier molecular flexibility index (Phi) is 4.74. The molecule has 1 amide bonds. The lowest BCUT2D eigenvalue weighted by Crippen LogP contribution is -2.26. The summed E-state index contributed by atoms with van der Waals surface area (Å²) in [7, 11) is 0. The number of carbonyl (C=O) groups is 1. The van der Waals surface area contributed by atoms with E-state index in [-0.39, 0.29) is 23.1 Å². The zero-order chi connectivity index (χ0) is 18.7. The van der Waals surface area contributed by atoms with Crippen LogP contribution in [0.4, 0.5) is 14.9 Å². The maximum Gasteiger partial charge on any atom is 0.412 e. The van der Waals surface area contributed by atoms with Crippen molar-refractivity contribution in [3.8, 4) is 17.4 Å². The number of nitroso groups, excluding NO2 is 1. The van der Waals surface area contributed by atoms with E-state index in [0.29, 0.717) is 17.6 Å². The molecule has 0 aliphatic heterocycles. The van der Waals surface area contributed by atoms with E-state index in [9.17, 15) is 14.1 Å². The fourth-order valence-corrected chi connectivity index (χ4v) is 2.30. The normalized spacial score (nSPS) is 10.6. The average molecular weight is 359 g/mol. The Morgan fingerprint density at radius 2 is 2.19 bits per heavy atom. The average Bonchev–Trinajstić information content (AvgIpc) is 2.93. The molecule has 0 spiro atoms. The number of nitrogens with one attached hydrogen (secondary N) is 1. The Labute approximate surface area is 146 Å². The van der Waals surface area contributed by atoms with Crippen LogP contribution in [0.25, 0.3) is 5.52 Å². The molecule has 0 aliphatic rings. The third-order valence-electron chi connectivity index (χ3n) is 3.50. The quantitative estimate of drug-likeness (QED) is 0.699. The highest BCUT2D eigenvalue weighted by Gasteiger charge is 2.18. The van der Waals surface area contributed by atoms with Crippen molar-refractivity contribution in [3.63, 3.8) is 0 Å². The second kappa shape index (κ2) is 7.13. The summed E-state index contributed by atoms with van der Waals surface area (Å²) in [6, 6.07) is 3.54. The summed E-state index contributed by atoms with van der Waals surface area (Å²) in [4.78, 5) is 26.1. The summed E-state index contributed by atoms with van der Waals surface area (Å²) in [5, 5.41) is 9.21. The number of aryl methyl sites for hydroxylation is 1. The Balaban J connectivity index is 1.98. The molecule has 10 heteroatoms. The summed E-state index contributed by atoms with van der Waals surface area (Å²) >= 11 is 0. The lowest BCUT2D eigenvalue weighted by atomic mass is 10.3. The van der Waals surface area contributed by atoms with Crippen LogP contribution < -0.4 is 14.8 Å². The molecule has 1 N–H and O–H groups in total. The van der Waals surface area contributed by atoms with Crippen LogP contribution in [0.3, 0.4) is 0 Å². The van der Waals surface area contributed by atoms with Crippen LogP contribution in [-0.2, 0) is 0 Å². The predicted molar refractivity (Wildman–Crippen MR) is 89.4 cm³/mol. The van der Waals surface area contributed by atoms with E-state index >= 15 is 0 Å². The molecule has 0 saturated carbocycles. The van der Waals surface area contributed by atoms with Crippen molar-refractivity contribution >= 4 is 17.3 Å². The van der Waals surface area contributed by atoms with Gasteiger partial charge in [0.05, 0.1) is 6.20 Å². The molecule has 2 heterocycles. The smallest absolute Gasteiger partial charge is 0.412 e. The number of benzene rings is 1. The standard InChI is InChI=1S/C16H14FN5O4/c1-3-18-16(23)26-13-7-22-14(9(13)2)15(19-8-20-22)25-12-5-4-10(21-24)6-11(12)17/h4-8H,3H2,1-2H3,(H,18,23). The molecule has 0 saturated heterocycles. The van der Waals surface area contributed by atoms with Crippen molar-refractivity contribution in [2.75, 3.05) is 6.54 Å². The second-order valence-electron chi connectivity index (χ2n) is 5.20. The van der Waals surface area contributed by atoms with E-state index in [0.717, 1.165) is 6.07 Å². The molecular formula is C16H14FN5O4. The zero-order valence-corrected chi connectivity index (χ0v) is 13.9. The summed E-state index contributed by atoms with van der Waals surface area (Å²) in [5.74, 6) is -0.567. The van der Waals surface area contributed by atoms with Gasteiger partial charge >= 0.3 is 6.09 Å². The first kappa shape index (κ1) is 17.3. The molecular weight excluding hydrogens is 345 g/mol. The van der Waals surface area contributed by atoms with Gasteiger partial charge in [0.25, 0.3) is 0 Å². The molecule has 0 atom stereocenters. The number of halogens is 1. The van der Waals surface area contributed by atoms with Crippen LogP contribution in [0.5, 0.6) is 17.4 Å². The highest BCUT2D eigenvalue weighted by Crippen LogP contribution is 2.33. The monoisotopic (exact) mass is 359 g/mol. The Bertz CT molecular complexity index is 988. The number of ether oxygens (including phenoxy) is 2. The minimum absolute atomic E-state index is 0.0563. The van der Waals surface area contributed by atoms with Crippen LogP contribution in [0.2, 0.25) is 0 Å². The SMILES string of the molecule is CCNC(=O)Oc1cn2ncnc(Oc3ccc(N=O)cc3F)c2c1C. The van der Waals surface area contributed by atoms with E-state index in [1.165, 1.54) is 29.2 Å². The van der Waals surface area contributed by atoms with Gasteiger partial charge in [-0.2, -0.15) is 10.1 Å². The minimum Gasteiger partial charge on any atom is -0.434 e. The van der Waals surface area contributed by atoms with Gasteiger partial charge in [-0.25, -0.2) is 13.7 Å². The van der Waals surface area contributed by atoms with Crippen molar-refractivity contribution in [1.82, 2.24) is 19.9 Å². The first-order valence-corrected chi connectivity index (χ1v) is 7.62. The molecule has 3 rings (SSSR count). The molecule has 1 aromatic carbocycles. The van der Waals surface area contributed by atoms with Gasteiger partial charge in [-0.05, 0) is 31.2 Å². The van der Waals surface area contributed by atoms with Gasteiger partial charge in [0, 0.05) is 18.2 Å². The Morgan fingerprint density at radius 3 is 2.88 bits per heavy atom. The first-order valence-electron chi connectivity index (χ1n) is 7.62. The van der Waals surface area contributed by atoms with Gasteiger partial charge in [0.1, 0.15) is 17.5 Å². The van der Waals surface area contributed by atoms with E-state index in [1.807, 2.05) is 0 Å². The fraction of sp³-hybridized carbons (Fsp3) is 0.188. The first-order chi connectivity index (χ1) is 12.5. The Hall–Kier alpha value is -3.56. The van der Waals surface area contributed by atoms with Crippen molar-refractivity contribution in [1.29, 1.82) is 0 Å². The molecule has 0 unspecified atom stereocenters. The van der Waals surface area contributed by atoms with Crippen molar-refractivity contribution < 1.29 is 18.7 Å². The largest absolute Gasteiger partial charge is 0.434 e. The summed E-state index contributed by atoms with van der Waals surface area (Å²) in [5.41, 5.74) is 0.890. The van der Waals surface area contributed by atoms with E-state index in [2.05, 4.69) is 20.6 Å². The highest BCUT2D eigenvalue weighted by molar-refractivity contribution is 5.74. The van der Waals surface area contributed by atoms with Crippen LogP contribution in [-0.4, -0.2) is 27.2 Å². The van der Waals surface area contributed by atoms with Gasteiger partial charge in [-0.3, -0.25) is 0 Å². The van der Waals surface area contributed by atoms with E-state index in [4.69, 9.17) is 9.47 Å². The van der Waals surface area contributed by atoms with Crippen molar-refractivity contribution in [3.05, 3.63) is 47.0 Å². The van der Waals surface area contributed by atoms with Gasteiger partial charge in [-0.1, -0.05) is 0 Å². The molecule has 0 radical (unpaired) electrons. The number of hydrogen-bond donors (Lipinski definition) is 1. The topological polar surface area (TPSA) is 107 Å². The van der Waals surface area contributed by atoms with Crippen LogP contribution in [0.15, 0.2) is 35.9 Å². The molecule has 26 heavy (non-hydrogen) atoms. The molecule has 9 nitrogen and oxygen atoms in total. The number of fused-ring (bicyclic) bond motifs is 1. The van der Waals surface area contributed by atoms with Gasteiger partial charge in [0.2, 0.25) is 5.88 Å². The lowest BCUT2D eigenvalue weighted by molar-refractivity contribution is 0.201. The van der Waals surface area contributed by atoms with Gasteiger partial charge < -0.3 is 14.8 Å². The third-order valence-corrected chi connectivity index (χ3v) is 3.50. The van der Waals surface area contributed by atoms with E-state index in [1.54, 1.807) is 13.8 Å². The Morgan fingerprint density at radius 1 is 1.38 bits per heavy atom.